The fraction of sp³-hybridized carbons (Fsp3) is 0.550. The molecule has 0 aromatic heterocycles. The Morgan fingerprint density at radius 2 is 1.62 bits per heavy atom. The normalized spacial score (nSPS) is 16.1. The van der Waals surface area contributed by atoms with E-state index in [-0.39, 0.29) is 17.9 Å². The molecule has 9 heteroatoms. The van der Waals surface area contributed by atoms with Crippen molar-refractivity contribution in [3.05, 3.63) is 35.4 Å². The summed E-state index contributed by atoms with van der Waals surface area (Å²) in [5.74, 6) is -9.43. The van der Waals surface area contributed by atoms with Gasteiger partial charge in [0.15, 0.2) is 12.9 Å². The summed E-state index contributed by atoms with van der Waals surface area (Å²) in [6.07, 6.45) is 0.725. The number of carboxylic acid groups (broad SMARTS) is 1. The molecule has 1 aromatic rings. The number of alkyl halides is 2. The topological polar surface area (TPSA) is 102 Å². The average molecular weight is 413 g/mol. The third kappa shape index (κ3) is 5.96. The predicted molar refractivity (Wildman–Crippen MR) is 94.1 cm³/mol. The summed E-state index contributed by atoms with van der Waals surface area (Å²) in [7, 11) is 0. The van der Waals surface area contributed by atoms with E-state index in [1.54, 1.807) is 6.92 Å². The van der Waals surface area contributed by atoms with Crippen molar-refractivity contribution >= 4 is 17.9 Å². The maximum atomic E-state index is 14.2. The van der Waals surface area contributed by atoms with Gasteiger partial charge >= 0.3 is 17.9 Å². The zero-order chi connectivity index (χ0) is 21.4. The Labute approximate surface area is 166 Å². The molecule has 0 amide bonds. The zero-order valence-electron chi connectivity index (χ0n) is 16.0. The Bertz CT molecular complexity index is 712. The molecular weight excluding hydrogens is 390 g/mol. The maximum Gasteiger partial charge on any atom is 0.340 e. The summed E-state index contributed by atoms with van der Waals surface area (Å²) in [5, 5.41) is 10.9. The van der Waals surface area contributed by atoms with E-state index in [0.29, 0.717) is 32.3 Å². The van der Waals surface area contributed by atoms with Gasteiger partial charge in [-0.2, -0.15) is 8.78 Å². The molecule has 0 bridgehead atoms. The van der Waals surface area contributed by atoms with E-state index < -0.39 is 35.9 Å². The lowest BCUT2D eigenvalue weighted by atomic mass is 9.83. The summed E-state index contributed by atoms with van der Waals surface area (Å²) in [6.45, 7) is 1.88. The van der Waals surface area contributed by atoms with E-state index >= 15 is 0 Å². The van der Waals surface area contributed by atoms with Crippen LogP contribution in [0.25, 0.3) is 0 Å². The van der Waals surface area contributed by atoms with Crippen molar-refractivity contribution in [1.82, 2.24) is 0 Å². The number of carbonyl (C=O) groups is 3. The molecule has 2 rings (SSSR count). The van der Waals surface area contributed by atoms with Gasteiger partial charge in [0.2, 0.25) is 0 Å². The molecule has 0 spiro atoms. The lowest BCUT2D eigenvalue weighted by molar-refractivity contribution is -0.337. The van der Waals surface area contributed by atoms with Crippen molar-refractivity contribution in [2.45, 2.75) is 51.1 Å². The Kier molecular flexibility index (Phi) is 8.07. The Morgan fingerprint density at radius 1 is 1.07 bits per heavy atom. The quantitative estimate of drug-likeness (QED) is 0.348. The standard InChI is InChI=1S/C20H24F2O7/c1-2-27-12-28-17(23)14-8-10-15(11-9-14)18(24)29-16(20(21,22)19(25)26)13-6-4-3-5-7-13/h8-11,13,16H,2-7,12H2,1H3,(H,25,26)/p-1. The molecule has 1 atom stereocenters. The molecule has 160 valence electrons. The van der Waals surface area contributed by atoms with Gasteiger partial charge in [-0.15, -0.1) is 0 Å². The molecule has 7 nitrogen and oxygen atoms in total. The largest absolute Gasteiger partial charge is 0.544 e. The first-order chi connectivity index (χ1) is 13.8. The fourth-order valence-electron chi connectivity index (χ4n) is 3.21. The predicted octanol–water partition coefficient (Wildman–Crippen LogP) is 2.33. The molecule has 0 N–H and O–H groups in total. The van der Waals surface area contributed by atoms with Crippen molar-refractivity contribution in [3.8, 4) is 0 Å². The SMILES string of the molecule is CCOCOC(=O)c1ccc(C(=O)OC(C2CCCCC2)C(F)(F)C(=O)[O-])cc1. The van der Waals surface area contributed by atoms with Gasteiger partial charge in [-0.1, -0.05) is 19.3 Å². The van der Waals surface area contributed by atoms with Gasteiger partial charge < -0.3 is 24.1 Å². The smallest absolute Gasteiger partial charge is 0.340 e. The van der Waals surface area contributed by atoms with Crippen LogP contribution in [0.4, 0.5) is 8.78 Å². The molecule has 0 aliphatic heterocycles. The third-order valence-corrected chi connectivity index (χ3v) is 4.78. The van der Waals surface area contributed by atoms with Gasteiger partial charge in [0.05, 0.1) is 11.1 Å². The number of hydrogen-bond acceptors (Lipinski definition) is 7. The number of esters is 2. The molecule has 1 fully saturated rings. The average Bonchev–Trinajstić information content (AvgIpc) is 2.72. The second-order valence-electron chi connectivity index (χ2n) is 6.75. The van der Waals surface area contributed by atoms with Crippen LogP contribution in [0.2, 0.25) is 0 Å². The molecule has 1 aromatic carbocycles. The Hall–Kier alpha value is -2.55. The third-order valence-electron chi connectivity index (χ3n) is 4.78. The fourth-order valence-corrected chi connectivity index (χ4v) is 3.21. The lowest BCUT2D eigenvalue weighted by Gasteiger charge is -2.35. The van der Waals surface area contributed by atoms with Gasteiger partial charge in [0, 0.05) is 12.5 Å². The van der Waals surface area contributed by atoms with Crippen LogP contribution in [-0.4, -0.2) is 43.3 Å². The number of carbonyl (C=O) groups excluding carboxylic acids is 3. The van der Waals surface area contributed by atoms with E-state index in [2.05, 4.69) is 0 Å². The molecule has 1 aliphatic carbocycles. The highest BCUT2D eigenvalue weighted by Crippen LogP contribution is 2.36. The van der Waals surface area contributed by atoms with Crippen molar-refractivity contribution in [1.29, 1.82) is 0 Å². The molecule has 0 saturated heterocycles. The van der Waals surface area contributed by atoms with E-state index in [9.17, 15) is 28.3 Å². The van der Waals surface area contributed by atoms with Gasteiger partial charge in [0.1, 0.15) is 5.97 Å². The molecular formula is C20H23F2O7-. The minimum atomic E-state index is -4.30. The van der Waals surface area contributed by atoms with Crippen LogP contribution in [0.3, 0.4) is 0 Å². The molecule has 0 heterocycles. The van der Waals surface area contributed by atoms with E-state index in [0.717, 1.165) is 6.42 Å². The number of aliphatic carboxylic acids is 1. The summed E-state index contributed by atoms with van der Waals surface area (Å²) in [5.41, 5.74) is 0.0338. The highest BCUT2D eigenvalue weighted by Gasteiger charge is 2.48. The molecule has 1 unspecified atom stereocenters. The van der Waals surface area contributed by atoms with Crippen LogP contribution in [0.1, 0.15) is 59.7 Å². The summed E-state index contributed by atoms with van der Waals surface area (Å²) in [4.78, 5) is 35.1. The zero-order valence-corrected chi connectivity index (χ0v) is 16.0. The first kappa shape index (κ1) is 22.7. The minimum Gasteiger partial charge on any atom is -0.544 e. The van der Waals surface area contributed by atoms with E-state index in [1.807, 2.05) is 0 Å². The number of benzene rings is 1. The Morgan fingerprint density at radius 3 is 2.14 bits per heavy atom. The molecule has 0 radical (unpaired) electrons. The van der Waals surface area contributed by atoms with Gasteiger partial charge in [-0.3, -0.25) is 0 Å². The first-order valence-electron chi connectivity index (χ1n) is 9.42. The van der Waals surface area contributed by atoms with Crippen LogP contribution >= 0.6 is 0 Å². The summed E-state index contributed by atoms with van der Waals surface area (Å²) >= 11 is 0. The molecule has 29 heavy (non-hydrogen) atoms. The van der Waals surface area contributed by atoms with Crippen molar-refractivity contribution in [2.75, 3.05) is 13.4 Å². The second kappa shape index (κ2) is 10.3. The van der Waals surface area contributed by atoms with Crippen LogP contribution < -0.4 is 5.11 Å². The summed E-state index contributed by atoms with van der Waals surface area (Å²) < 4.78 is 43.0. The van der Waals surface area contributed by atoms with Crippen LogP contribution in [0.5, 0.6) is 0 Å². The van der Waals surface area contributed by atoms with Crippen molar-refractivity contribution in [3.63, 3.8) is 0 Å². The number of rotatable bonds is 9. The van der Waals surface area contributed by atoms with Gasteiger partial charge in [0.25, 0.3) is 0 Å². The number of halogens is 2. The van der Waals surface area contributed by atoms with Crippen LogP contribution in [0.15, 0.2) is 24.3 Å². The summed E-state index contributed by atoms with van der Waals surface area (Å²) in [6, 6.07) is 4.98. The van der Waals surface area contributed by atoms with Crippen molar-refractivity contribution in [2.24, 2.45) is 5.92 Å². The monoisotopic (exact) mass is 413 g/mol. The first-order valence-corrected chi connectivity index (χ1v) is 9.42. The maximum absolute atomic E-state index is 14.2. The van der Waals surface area contributed by atoms with E-state index in [4.69, 9.17) is 14.2 Å². The highest BCUT2D eigenvalue weighted by atomic mass is 19.3. The Balaban J connectivity index is 2.10. The molecule has 1 aliphatic rings. The number of hydrogen-bond donors (Lipinski definition) is 0. The highest BCUT2D eigenvalue weighted by molar-refractivity contribution is 5.93. The van der Waals surface area contributed by atoms with Crippen LogP contribution in [0, 0.1) is 5.92 Å². The second-order valence-corrected chi connectivity index (χ2v) is 6.75. The van der Waals surface area contributed by atoms with Crippen LogP contribution in [-0.2, 0) is 19.0 Å². The number of carboxylic acids is 1. The van der Waals surface area contributed by atoms with Gasteiger partial charge in [-0.05, 0) is 44.0 Å². The number of ether oxygens (including phenoxy) is 3. The van der Waals surface area contributed by atoms with Crippen molar-refractivity contribution < 1.29 is 42.5 Å². The lowest BCUT2D eigenvalue weighted by Crippen LogP contribution is -2.54. The molecule has 1 saturated carbocycles. The van der Waals surface area contributed by atoms with E-state index in [1.165, 1.54) is 24.3 Å². The van der Waals surface area contributed by atoms with Gasteiger partial charge in [-0.25, -0.2) is 9.59 Å². The minimum absolute atomic E-state index is 0.0960.